The number of fused-ring (bicyclic) bond motifs is 1. The van der Waals surface area contributed by atoms with Gasteiger partial charge in [-0.05, 0) is 74.1 Å². The van der Waals surface area contributed by atoms with Gasteiger partial charge in [0.2, 0.25) is 10.0 Å². The highest BCUT2D eigenvalue weighted by molar-refractivity contribution is 7.89. The molecule has 0 saturated carbocycles. The fourth-order valence-electron chi connectivity index (χ4n) is 4.71. The van der Waals surface area contributed by atoms with Gasteiger partial charge in [-0.15, -0.1) is 0 Å². The molecule has 1 aromatic heterocycles. The Morgan fingerprint density at radius 3 is 2.57 bits per heavy atom. The summed E-state index contributed by atoms with van der Waals surface area (Å²) in [7, 11) is -3.54. The summed E-state index contributed by atoms with van der Waals surface area (Å²) >= 11 is 1.50. The van der Waals surface area contributed by atoms with Gasteiger partial charge < -0.3 is 4.74 Å². The molecule has 0 radical (unpaired) electrons. The van der Waals surface area contributed by atoms with E-state index in [9.17, 15) is 13.2 Å². The number of nitrogens with zero attached hydrogens (tertiary/aromatic N) is 3. The first kappa shape index (κ1) is 24.4. The maximum absolute atomic E-state index is 13.7. The number of thiazole rings is 1. The number of carbonyl (C=O) groups excluding carboxylic acids is 1. The Morgan fingerprint density at radius 2 is 1.89 bits per heavy atom. The van der Waals surface area contributed by atoms with Crippen LogP contribution in [-0.2, 0) is 21.2 Å². The van der Waals surface area contributed by atoms with E-state index in [-0.39, 0.29) is 16.9 Å². The average Bonchev–Trinajstić information content (AvgIpc) is 3.56. The van der Waals surface area contributed by atoms with E-state index in [1.54, 1.807) is 33.5 Å². The van der Waals surface area contributed by atoms with Crippen molar-refractivity contribution in [3.63, 3.8) is 0 Å². The standard InChI is InChI=1S/C26H31N3O4S2/c1-2-19-8-13-23-24(17-19)34-26(27-23)29(18-21-7-6-16-33-21)25(30)20-9-11-22(12-10-20)35(31,32)28-14-4-3-5-15-28/h8-13,17,21H,2-7,14-16,18H2,1H3. The van der Waals surface area contributed by atoms with Crippen LogP contribution in [0.4, 0.5) is 5.13 Å². The molecule has 0 aliphatic carbocycles. The highest BCUT2D eigenvalue weighted by Crippen LogP contribution is 2.32. The fraction of sp³-hybridized carbons (Fsp3) is 0.462. The average molecular weight is 514 g/mol. The number of piperidine rings is 1. The molecule has 2 fully saturated rings. The van der Waals surface area contributed by atoms with Crippen LogP contribution in [0, 0.1) is 0 Å². The van der Waals surface area contributed by atoms with Gasteiger partial charge in [0.15, 0.2) is 5.13 Å². The maximum Gasteiger partial charge on any atom is 0.260 e. The number of carbonyl (C=O) groups is 1. The van der Waals surface area contributed by atoms with Crippen molar-refractivity contribution in [3.05, 3.63) is 53.6 Å². The minimum absolute atomic E-state index is 0.0316. The van der Waals surface area contributed by atoms with Gasteiger partial charge in [0.1, 0.15) is 0 Å². The predicted molar refractivity (Wildman–Crippen MR) is 139 cm³/mol. The lowest BCUT2D eigenvalue weighted by Gasteiger charge is -2.26. The molecule has 2 aliphatic rings. The summed E-state index contributed by atoms with van der Waals surface area (Å²) in [6.45, 7) is 4.35. The molecular weight excluding hydrogens is 482 g/mol. The molecule has 0 spiro atoms. The van der Waals surface area contributed by atoms with Crippen molar-refractivity contribution in [3.8, 4) is 0 Å². The molecule has 3 heterocycles. The zero-order valence-corrected chi connectivity index (χ0v) is 21.6. The van der Waals surface area contributed by atoms with Gasteiger partial charge in [0.25, 0.3) is 5.91 Å². The Morgan fingerprint density at radius 1 is 1.11 bits per heavy atom. The number of aryl methyl sites for hydroxylation is 1. The van der Waals surface area contributed by atoms with Crippen molar-refractivity contribution in [1.29, 1.82) is 0 Å². The zero-order valence-electron chi connectivity index (χ0n) is 20.0. The van der Waals surface area contributed by atoms with Crippen LogP contribution in [0.1, 0.15) is 54.9 Å². The minimum Gasteiger partial charge on any atom is -0.376 e. The topological polar surface area (TPSA) is 79.8 Å². The highest BCUT2D eigenvalue weighted by Gasteiger charge is 2.29. The quantitative estimate of drug-likeness (QED) is 0.451. The maximum atomic E-state index is 13.7. The lowest BCUT2D eigenvalue weighted by atomic mass is 10.1. The third-order valence-corrected chi connectivity index (χ3v) is 9.74. The molecule has 2 aliphatic heterocycles. The largest absolute Gasteiger partial charge is 0.376 e. The summed E-state index contributed by atoms with van der Waals surface area (Å²) in [5, 5.41) is 0.638. The molecule has 1 amide bonds. The molecule has 0 bridgehead atoms. The van der Waals surface area contributed by atoms with Crippen molar-refractivity contribution >= 4 is 42.6 Å². The Kier molecular flexibility index (Phi) is 7.20. The first-order chi connectivity index (χ1) is 17.0. The van der Waals surface area contributed by atoms with Crippen molar-refractivity contribution < 1.29 is 17.9 Å². The molecule has 5 rings (SSSR count). The third kappa shape index (κ3) is 5.14. The zero-order chi connectivity index (χ0) is 24.4. The van der Waals surface area contributed by atoms with Gasteiger partial charge in [-0.2, -0.15) is 4.31 Å². The van der Waals surface area contributed by atoms with Crippen LogP contribution in [0.2, 0.25) is 0 Å². The van der Waals surface area contributed by atoms with E-state index in [1.807, 2.05) is 6.07 Å². The molecule has 0 N–H and O–H groups in total. The third-order valence-electron chi connectivity index (χ3n) is 6.79. The van der Waals surface area contributed by atoms with Gasteiger partial charge in [-0.25, -0.2) is 13.4 Å². The van der Waals surface area contributed by atoms with E-state index in [4.69, 9.17) is 9.72 Å². The summed E-state index contributed by atoms with van der Waals surface area (Å²) < 4.78 is 34.4. The molecule has 2 saturated heterocycles. The highest BCUT2D eigenvalue weighted by atomic mass is 32.2. The van der Waals surface area contributed by atoms with Crippen LogP contribution >= 0.6 is 11.3 Å². The van der Waals surface area contributed by atoms with Gasteiger partial charge in [-0.1, -0.05) is 30.7 Å². The van der Waals surface area contributed by atoms with Crippen LogP contribution in [0.15, 0.2) is 47.4 Å². The van der Waals surface area contributed by atoms with E-state index in [0.717, 1.165) is 48.7 Å². The lowest BCUT2D eigenvalue weighted by molar-refractivity contribution is 0.0917. The van der Waals surface area contributed by atoms with E-state index in [2.05, 4.69) is 19.1 Å². The molecular formula is C26H31N3O4S2. The second-order valence-corrected chi connectivity index (χ2v) is 12.1. The number of sulfonamides is 1. The fourth-order valence-corrected chi connectivity index (χ4v) is 7.27. The number of benzene rings is 2. The molecule has 1 atom stereocenters. The van der Waals surface area contributed by atoms with Gasteiger partial charge in [0.05, 0.1) is 27.8 Å². The van der Waals surface area contributed by atoms with Crippen LogP contribution in [0.5, 0.6) is 0 Å². The van der Waals surface area contributed by atoms with Gasteiger partial charge in [0, 0.05) is 25.3 Å². The van der Waals surface area contributed by atoms with Gasteiger partial charge in [-0.3, -0.25) is 9.69 Å². The number of ether oxygens (including phenoxy) is 1. The number of anilines is 1. The summed E-state index contributed by atoms with van der Waals surface area (Å²) in [6.07, 6.45) is 5.62. The normalized spacial score (nSPS) is 19.3. The van der Waals surface area contributed by atoms with Crippen LogP contribution < -0.4 is 4.90 Å². The van der Waals surface area contributed by atoms with E-state index in [0.29, 0.717) is 36.9 Å². The molecule has 186 valence electrons. The minimum atomic E-state index is -3.54. The van der Waals surface area contributed by atoms with Crippen LogP contribution in [0.3, 0.4) is 0 Å². The van der Waals surface area contributed by atoms with E-state index >= 15 is 0 Å². The Labute approximate surface area is 210 Å². The number of rotatable bonds is 7. The molecule has 2 aromatic carbocycles. The van der Waals surface area contributed by atoms with E-state index in [1.165, 1.54) is 16.9 Å². The van der Waals surface area contributed by atoms with Crippen molar-refractivity contribution in [2.75, 3.05) is 31.1 Å². The molecule has 7 nitrogen and oxygen atoms in total. The first-order valence-electron chi connectivity index (χ1n) is 12.4. The van der Waals surface area contributed by atoms with Crippen LogP contribution in [0.25, 0.3) is 10.2 Å². The summed E-state index contributed by atoms with van der Waals surface area (Å²) in [6, 6.07) is 12.5. The molecule has 9 heteroatoms. The van der Waals surface area contributed by atoms with Crippen molar-refractivity contribution in [2.45, 2.75) is 56.4 Å². The monoisotopic (exact) mass is 513 g/mol. The molecule has 1 unspecified atom stereocenters. The lowest BCUT2D eigenvalue weighted by Crippen LogP contribution is -2.37. The van der Waals surface area contributed by atoms with Crippen molar-refractivity contribution in [2.24, 2.45) is 0 Å². The van der Waals surface area contributed by atoms with Crippen LogP contribution in [-0.4, -0.2) is 56.0 Å². The second-order valence-electron chi connectivity index (χ2n) is 9.19. The summed E-state index contributed by atoms with van der Waals surface area (Å²) in [5.41, 5.74) is 2.54. The number of aromatic nitrogens is 1. The SMILES string of the molecule is CCc1ccc2nc(N(CC3CCCO3)C(=O)c3ccc(S(=O)(=O)N4CCCCC4)cc3)sc2c1. The summed E-state index contributed by atoms with van der Waals surface area (Å²) in [4.78, 5) is 20.4. The Hall–Kier alpha value is -2.33. The Bertz CT molecular complexity index is 1290. The predicted octanol–water partition coefficient (Wildman–Crippen LogP) is 4.86. The summed E-state index contributed by atoms with van der Waals surface area (Å²) in [5.74, 6) is -0.197. The Balaban J connectivity index is 1.43. The van der Waals surface area contributed by atoms with E-state index < -0.39 is 10.0 Å². The first-order valence-corrected chi connectivity index (χ1v) is 14.6. The smallest absolute Gasteiger partial charge is 0.260 e. The van der Waals surface area contributed by atoms with Crippen molar-refractivity contribution in [1.82, 2.24) is 9.29 Å². The number of amides is 1. The molecule has 3 aromatic rings. The number of hydrogen-bond donors (Lipinski definition) is 0. The molecule has 35 heavy (non-hydrogen) atoms. The second kappa shape index (κ2) is 10.3. The number of hydrogen-bond acceptors (Lipinski definition) is 6. The van der Waals surface area contributed by atoms with Gasteiger partial charge >= 0.3 is 0 Å².